The van der Waals surface area contributed by atoms with Gasteiger partial charge >= 0.3 is 6.18 Å². The van der Waals surface area contributed by atoms with Crippen molar-refractivity contribution in [2.24, 2.45) is 5.73 Å². The van der Waals surface area contributed by atoms with Gasteiger partial charge in [0.25, 0.3) is 0 Å². The maximum Gasteiger partial charge on any atom is 0.417 e. The first-order chi connectivity index (χ1) is 21.6. The molecule has 0 radical (unpaired) electrons. The number of piperazine rings is 1. The summed E-state index contributed by atoms with van der Waals surface area (Å²) in [4.78, 5) is 30.7. The van der Waals surface area contributed by atoms with Crippen LogP contribution in [0.1, 0.15) is 28.4 Å². The SMILES string of the molecule is CCN1CCN(c2cccc(Nc3ncc4cc(-c5cc(-c6c(C(N)=O)cccc6C(F)(F)F)ccc5C)ncc4n3)c2)CC1. The van der Waals surface area contributed by atoms with Crippen LogP contribution in [-0.2, 0) is 6.18 Å². The second kappa shape index (κ2) is 12.2. The summed E-state index contributed by atoms with van der Waals surface area (Å²) in [6, 6.07) is 18.3. The number of rotatable bonds is 7. The number of carbonyl (C=O) groups is 1. The monoisotopic (exact) mass is 611 g/mol. The van der Waals surface area contributed by atoms with E-state index in [4.69, 9.17) is 5.73 Å². The molecule has 230 valence electrons. The molecule has 1 fully saturated rings. The molecule has 0 spiro atoms. The van der Waals surface area contributed by atoms with Gasteiger partial charge in [-0.2, -0.15) is 13.2 Å². The van der Waals surface area contributed by atoms with Crippen molar-refractivity contribution in [2.75, 3.05) is 42.9 Å². The molecule has 3 N–H and O–H groups in total. The average molecular weight is 612 g/mol. The van der Waals surface area contributed by atoms with Gasteiger partial charge in [-0.3, -0.25) is 9.78 Å². The largest absolute Gasteiger partial charge is 0.417 e. The number of nitrogens with one attached hydrogen (secondary N) is 1. The maximum atomic E-state index is 14.0. The van der Waals surface area contributed by atoms with Crippen LogP contribution in [0.4, 0.5) is 30.5 Å². The molecule has 0 aliphatic carbocycles. The van der Waals surface area contributed by atoms with Crippen LogP contribution >= 0.6 is 0 Å². The number of likely N-dealkylation sites (N-methyl/N-ethyl adjacent to an activating group) is 1. The third-order valence-electron chi connectivity index (χ3n) is 8.19. The van der Waals surface area contributed by atoms with Gasteiger partial charge in [0.1, 0.15) is 0 Å². The molecule has 0 bridgehead atoms. The molecule has 45 heavy (non-hydrogen) atoms. The number of aryl methyl sites for hydroxylation is 1. The van der Waals surface area contributed by atoms with Crippen molar-refractivity contribution in [3.8, 4) is 22.4 Å². The van der Waals surface area contributed by atoms with Crippen molar-refractivity contribution in [1.82, 2.24) is 19.9 Å². The number of pyridine rings is 1. The molecule has 1 saturated heterocycles. The summed E-state index contributed by atoms with van der Waals surface area (Å²) in [5.74, 6) is -0.518. The number of hydrogen-bond acceptors (Lipinski definition) is 7. The number of carbonyl (C=O) groups excluding carboxylic acids is 1. The number of benzene rings is 3. The molecule has 2 aromatic heterocycles. The minimum absolute atomic E-state index is 0.205. The van der Waals surface area contributed by atoms with E-state index in [1.807, 2.05) is 19.1 Å². The fraction of sp³-hybridized carbons (Fsp3) is 0.235. The standard InChI is InChI=1S/C34H32F3N7O/c1-3-43-12-14-44(15-13-43)25-7-4-6-24(18-25)41-33-40-19-23-17-29(39-20-30(23)42-33)27-16-22(11-10-21(27)2)31-26(32(38)45)8-5-9-28(31)34(35,36)37/h4-11,16-20H,3,12-15H2,1-2H3,(H2,38,45)(H,40,41,42). The zero-order chi connectivity index (χ0) is 31.7. The second-order valence-corrected chi connectivity index (χ2v) is 11.0. The van der Waals surface area contributed by atoms with Crippen molar-refractivity contribution in [3.63, 3.8) is 0 Å². The topological polar surface area (TPSA) is 100 Å². The number of nitrogens with two attached hydrogens (primary N) is 1. The Hall–Kier alpha value is -5.03. The van der Waals surface area contributed by atoms with E-state index in [1.54, 1.807) is 36.7 Å². The molecule has 5 aromatic rings. The summed E-state index contributed by atoms with van der Waals surface area (Å²) in [6.45, 7) is 9.11. The molecule has 0 unspecified atom stereocenters. The lowest BCUT2D eigenvalue weighted by Gasteiger charge is -2.35. The van der Waals surface area contributed by atoms with Gasteiger partial charge in [-0.05, 0) is 67.1 Å². The van der Waals surface area contributed by atoms with Crippen LogP contribution in [0.3, 0.4) is 0 Å². The fourth-order valence-corrected chi connectivity index (χ4v) is 5.73. The van der Waals surface area contributed by atoms with Crippen LogP contribution in [0.15, 0.2) is 79.1 Å². The first-order valence-corrected chi connectivity index (χ1v) is 14.7. The fourth-order valence-electron chi connectivity index (χ4n) is 5.73. The molecule has 3 heterocycles. The van der Waals surface area contributed by atoms with Gasteiger partial charge in [-0.25, -0.2) is 9.97 Å². The van der Waals surface area contributed by atoms with E-state index in [9.17, 15) is 18.0 Å². The van der Waals surface area contributed by atoms with E-state index in [-0.39, 0.29) is 16.7 Å². The van der Waals surface area contributed by atoms with Crippen molar-refractivity contribution in [3.05, 3.63) is 95.8 Å². The van der Waals surface area contributed by atoms with Crippen LogP contribution in [0.2, 0.25) is 0 Å². The zero-order valence-corrected chi connectivity index (χ0v) is 24.9. The predicted octanol–water partition coefficient (Wildman–Crippen LogP) is 6.67. The second-order valence-electron chi connectivity index (χ2n) is 11.0. The Balaban J connectivity index is 1.28. The highest BCUT2D eigenvalue weighted by atomic mass is 19.4. The first kappa shape index (κ1) is 30.0. The third-order valence-corrected chi connectivity index (χ3v) is 8.19. The number of primary amides is 1. The van der Waals surface area contributed by atoms with Crippen LogP contribution < -0.4 is 16.0 Å². The smallest absolute Gasteiger partial charge is 0.369 e. The number of anilines is 3. The van der Waals surface area contributed by atoms with E-state index in [0.29, 0.717) is 28.1 Å². The van der Waals surface area contributed by atoms with Gasteiger partial charge < -0.3 is 20.9 Å². The molecule has 0 atom stereocenters. The molecule has 8 nitrogen and oxygen atoms in total. The summed E-state index contributed by atoms with van der Waals surface area (Å²) in [5, 5.41) is 4.01. The minimum Gasteiger partial charge on any atom is -0.369 e. The lowest BCUT2D eigenvalue weighted by molar-refractivity contribution is -0.137. The van der Waals surface area contributed by atoms with E-state index >= 15 is 0 Å². The van der Waals surface area contributed by atoms with Crippen LogP contribution in [0.25, 0.3) is 33.3 Å². The Morgan fingerprint density at radius 1 is 0.956 bits per heavy atom. The van der Waals surface area contributed by atoms with Gasteiger partial charge in [0, 0.05) is 65.8 Å². The molecule has 6 rings (SSSR count). The maximum absolute atomic E-state index is 14.0. The molecule has 11 heteroatoms. The Kier molecular flexibility index (Phi) is 8.11. The lowest BCUT2D eigenvalue weighted by atomic mass is 9.90. The first-order valence-electron chi connectivity index (χ1n) is 14.7. The quantitative estimate of drug-likeness (QED) is 0.212. The Morgan fingerprint density at radius 2 is 1.73 bits per heavy atom. The summed E-state index contributed by atoms with van der Waals surface area (Å²) in [6.07, 6.45) is -1.37. The van der Waals surface area contributed by atoms with Gasteiger partial charge in [0.2, 0.25) is 11.9 Å². The number of fused-ring (bicyclic) bond motifs is 1. The third kappa shape index (κ3) is 6.30. The van der Waals surface area contributed by atoms with E-state index in [0.717, 1.165) is 55.7 Å². The number of hydrogen-bond donors (Lipinski definition) is 2. The van der Waals surface area contributed by atoms with Gasteiger partial charge in [0.05, 0.1) is 23.0 Å². The molecule has 0 saturated carbocycles. The van der Waals surface area contributed by atoms with Gasteiger partial charge in [-0.15, -0.1) is 0 Å². The molecule has 1 amide bonds. The van der Waals surface area contributed by atoms with Crippen molar-refractivity contribution in [2.45, 2.75) is 20.0 Å². The highest BCUT2D eigenvalue weighted by Crippen LogP contribution is 2.40. The molecule has 1 aliphatic heterocycles. The zero-order valence-electron chi connectivity index (χ0n) is 24.9. The summed E-state index contributed by atoms with van der Waals surface area (Å²) >= 11 is 0. The molecular weight excluding hydrogens is 579 g/mol. The summed E-state index contributed by atoms with van der Waals surface area (Å²) < 4.78 is 41.9. The average Bonchev–Trinajstić information content (AvgIpc) is 3.04. The number of amides is 1. The van der Waals surface area contributed by atoms with E-state index in [1.165, 1.54) is 12.1 Å². The summed E-state index contributed by atoms with van der Waals surface area (Å²) in [7, 11) is 0. The molecule has 3 aromatic carbocycles. The Morgan fingerprint density at radius 3 is 2.47 bits per heavy atom. The highest BCUT2D eigenvalue weighted by Gasteiger charge is 2.35. The predicted molar refractivity (Wildman–Crippen MR) is 171 cm³/mol. The Labute approximate surface area is 258 Å². The number of alkyl halides is 3. The molecular formula is C34H32F3N7O. The molecule has 1 aliphatic rings. The van der Waals surface area contributed by atoms with Crippen molar-refractivity contribution < 1.29 is 18.0 Å². The normalized spacial score (nSPS) is 14.1. The number of aromatic nitrogens is 3. The van der Waals surface area contributed by atoms with Crippen LogP contribution in [0.5, 0.6) is 0 Å². The van der Waals surface area contributed by atoms with E-state index < -0.39 is 17.6 Å². The number of halogens is 3. The van der Waals surface area contributed by atoms with Gasteiger partial charge in [-0.1, -0.05) is 31.2 Å². The van der Waals surface area contributed by atoms with Crippen molar-refractivity contribution in [1.29, 1.82) is 0 Å². The van der Waals surface area contributed by atoms with Crippen molar-refractivity contribution >= 4 is 34.1 Å². The summed E-state index contributed by atoms with van der Waals surface area (Å²) in [5.41, 5.74) is 8.85. The lowest BCUT2D eigenvalue weighted by Crippen LogP contribution is -2.46. The highest BCUT2D eigenvalue weighted by molar-refractivity contribution is 6.01. The Bertz CT molecular complexity index is 1880. The van der Waals surface area contributed by atoms with Gasteiger partial charge in [0.15, 0.2) is 0 Å². The van der Waals surface area contributed by atoms with Crippen LogP contribution in [-0.4, -0.2) is 58.5 Å². The van der Waals surface area contributed by atoms with Crippen LogP contribution in [0, 0.1) is 6.92 Å². The minimum atomic E-state index is -4.68. The number of nitrogens with zero attached hydrogens (tertiary/aromatic N) is 5. The van der Waals surface area contributed by atoms with E-state index in [2.05, 4.69) is 49.1 Å².